The number of nitrogens with zero attached hydrogens (tertiary/aromatic N) is 2. The van der Waals surface area contributed by atoms with Gasteiger partial charge in [0.2, 0.25) is 0 Å². The van der Waals surface area contributed by atoms with Gasteiger partial charge in [0, 0.05) is 24.8 Å². The van der Waals surface area contributed by atoms with Crippen molar-refractivity contribution in [3.05, 3.63) is 54.4 Å². The van der Waals surface area contributed by atoms with Gasteiger partial charge in [-0.2, -0.15) is 0 Å². The smallest absolute Gasteiger partial charge is 0.254 e. The maximum atomic E-state index is 12.3. The van der Waals surface area contributed by atoms with E-state index in [1.165, 1.54) is 0 Å². The summed E-state index contributed by atoms with van der Waals surface area (Å²) in [6.07, 6.45) is 5.66. The molecule has 3 nitrogen and oxygen atoms in total. The van der Waals surface area contributed by atoms with E-state index >= 15 is 0 Å². The monoisotopic (exact) mass is 237 g/mol. The Morgan fingerprint density at radius 3 is 2.61 bits per heavy atom. The standard InChI is InChI=1S/C15H13N2O/c18-15(17-9-4-10-17)13-7-8-16-11-14(13)12-5-2-1-3-6-12/h1-3,5-8H,4,9-10H2. The van der Waals surface area contributed by atoms with Gasteiger partial charge in [-0.25, -0.2) is 0 Å². The summed E-state index contributed by atoms with van der Waals surface area (Å²) < 4.78 is 0. The maximum absolute atomic E-state index is 12.3. The van der Waals surface area contributed by atoms with Gasteiger partial charge in [0.05, 0.1) is 11.8 Å². The molecule has 0 aliphatic carbocycles. The summed E-state index contributed by atoms with van der Waals surface area (Å²) in [5, 5.41) is 0. The first-order valence-electron chi connectivity index (χ1n) is 6.07. The van der Waals surface area contributed by atoms with Crippen molar-refractivity contribution in [2.24, 2.45) is 0 Å². The predicted octanol–water partition coefficient (Wildman–Crippen LogP) is 2.39. The van der Waals surface area contributed by atoms with Crippen LogP contribution in [0.5, 0.6) is 0 Å². The molecule has 2 heterocycles. The molecule has 3 heteroatoms. The first-order valence-corrected chi connectivity index (χ1v) is 6.07. The highest BCUT2D eigenvalue weighted by atomic mass is 16.2. The summed E-state index contributed by atoms with van der Waals surface area (Å²) in [5.74, 6) is 0.0822. The van der Waals surface area contributed by atoms with Crippen LogP contribution in [0.3, 0.4) is 0 Å². The van der Waals surface area contributed by atoms with Crippen LogP contribution in [-0.2, 0) is 0 Å². The zero-order valence-corrected chi connectivity index (χ0v) is 9.97. The van der Waals surface area contributed by atoms with Gasteiger partial charge < -0.3 is 4.90 Å². The molecule has 1 amide bonds. The molecular weight excluding hydrogens is 224 g/mol. The largest absolute Gasteiger partial charge is 0.338 e. The molecule has 0 N–H and O–H groups in total. The molecule has 0 bridgehead atoms. The average Bonchev–Trinajstić information content (AvgIpc) is 2.38. The third-order valence-corrected chi connectivity index (χ3v) is 3.20. The van der Waals surface area contributed by atoms with E-state index in [-0.39, 0.29) is 5.91 Å². The SMILES string of the molecule is O=C(c1ccn[c]c1-c1ccccc1)N1CCC1. The minimum Gasteiger partial charge on any atom is -0.338 e. The minimum absolute atomic E-state index is 0.0822. The zero-order valence-electron chi connectivity index (χ0n) is 9.97. The lowest BCUT2D eigenvalue weighted by Gasteiger charge is -2.31. The van der Waals surface area contributed by atoms with Gasteiger partial charge in [-0.3, -0.25) is 9.78 Å². The highest BCUT2D eigenvalue weighted by molar-refractivity contribution is 6.00. The molecule has 3 rings (SSSR count). The molecular formula is C15H13N2O. The van der Waals surface area contributed by atoms with E-state index in [9.17, 15) is 4.79 Å². The molecule has 1 radical (unpaired) electrons. The summed E-state index contributed by atoms with van der Waals surface area (Å²) in [7, 11) is 0. The Bertz CT molecular complexity index is 562. The molecule has 0 saturated carbocycles. The normalized spacial score (nSPS) is 14.1. The van der Waals surface area contributed by atoms with Crippen molar-refractivity contribution in [2.45, 2.75) is 6.42 Å². The second-order valence-electron chi connectivity index (χ2n) is 4.36. The van der Waals surface area contributed by atoms with Gasteiger partial charge in [0.25, 0.3) is 5.91 Å². The van der Waals surface area contributed by atoms with Crippen molar-refractivity contribution >= 4 is 5.91 Å². The predicted molar refractivity (Wildman–Crippen MR) is 69.0 cm³/mol. The number of carbonyl (C=O) groups is 1. The van der Waals surface area contributed by atoms with E-state index in [0.717, 1.165) is 30.6 Å². The third-order valence-electron chi connectivity index (χ3n) is 3.20. The van der Waals surface area contributed by atoms with Crippen molar-refractivity contribution in [1.29, 1.82) is 0 Å². The zero-order chi connectivity index (χ0) is 12.4. The quantitative estimate of drug-likeness (QED) is 0.803. The van der Waals surface area contributed by atoms with Crippen molar-refractivity contribution in [3.63, 3.8) is 0 Å². The number of likely N-dealkylation sites (tertiary alicyclic amines) is 1. The lowest BCUT2D eigenvalue weighted by molar-refractivity contribution is 0.0652. The van der Waals surface area contributed by atoms with Crippen molar-refractivity contribution in [1.82, 2.24) is 9.88 Å². The molecule has 1 aromatic heterocycles. The van der Waals surface area contributed by atoms with Crippen LogP contribution in [0.4, 0.5) is 0 Å². The first kappa shape index (κ1) is 11.0. The van der Waals surface area contributed by atoms with E-state index in [4.69, 9.17) is 0 Å². The summed E-state index contributed by atoms with van der Waals surface area (Å²) in [5.41, 5.74) is 2.46. The lowest BCUT2D eigenvalue weighted by atomic mass is 10.0. The number of rotatable bonds is 2. The van der Waals surface area contributed by atoms with Gasteiger partial charge in [-0.1, -0.05) is 30.3 Å². The highest BCUT2D eigenvalue weighted by Gasteiger charge is 2.23. The molecule has 1 saturated heterocycles. The fraction of sp³-hybridized carbons (Fsp3) is 0.200. The number of carbonyl (C=O) groups excluding carboxylic acids is 1. The molecule has 0 unspecified atom stereocenters. The Kier molecular flexibility index (Phi) is 2.81. The fourth-order valence-electron chi connectivity index (χ4n) is 2.05. The molecule has 18 heavy (non-hydrogen) atoms. The number of benzene rings is 1. The van der Waals surface area contributed by atoms with E-state index in [1.54, 1.807) is 12.3 Å². The molecule has 2 aromatic rings. The highest BCUT2D eigenvalue weighted by Crippen LogP contribution is 2.24. The molecule has 0 spiro atoms. The topological polar surface area (TPSA) is 33.2 Å². The van der Waals surface area contributed by atoms with Crippen LogP contribution in [0.1, 0.15) is 16.8 Å². The van der Waals surface area contributed by atoms with Gasteiger partial charge in [-0.15, -0.1) is 0 Å². The minimum atomic E-state index is 0.0822. The van der Waals surface area contributed by atoms with Crippen LogP contribution >= 0.6 is 0 Å². The van der Waals surface area contributed by atoms with E-state index in [1.807, 2.05) is 35.2 Å². The van der Waals surface area contributed by atoms with Crippen molar-refractivity contribution < 1.29 is 4.79 Å². The number of hydrogen-bond acceptors (Lipinski definition) is 2. The van der Waals surface area contributed by atoms with Gasteiger partial charge in [-0.05, 0) is 18.1 Å². The van der Waals surface area contributed by atoms with Crippen molar-refractivity contribution in [2.75, 3.05) is 13.1 Å². The number of hydrogen-bond donors (Lipinski definition) is 0. The first-order chi connectivity index (χ1) is 8.86. The molecule has 1 fully saturated rings. The van der Waals surface area contributed by atoms with Crippen LogP contribution in [0, 0.1) is 6.20 Å². The Balaban J connectivity index is 2.02. The van der Waals surface area contributed by atoms with E-state index < -0.39 is 0 Å². The van der Waals surface area contributed by atoms with Gasteiger partial charge >= 0.3 is 0 Å². The number of amides is 1. The number of aromatic nitrogens is 1. The Morgan fingerprint density at radius 2 is 1.94 bits per heavy atom. The van der Waals surface area contributed by atoms with Crippen molar-refractivity contribution in [3.8, 4) is 11.1 Å². The maximum Gasteiger partial charge on any atom is 0.254 e. The van der Waals surface area contributed by atoms with E-state index in [2.05, 4.69) is 11.2 Å². The second-order valence-corrected chi connectivity index (χ2v) is 4.36. The summed E-state index contributed by atoms with van der Waals surface area (Å²) in [6, 6.07) is 11.6. The summed E-state index contributed by atoms with van der Waals surface area (Å²) in [6.45, 7) is 1.71. The molecule has 89 valence electrons. The number of pyridine rings is 1. The fourth-order valence-corrected chi connectivity index (χ4v) is 2.05. The Hall–Kier alpha value is -2.16. The van der Waals surface area contributed by atoms with Crippen LogP contribution in [0.15, 0.2) is 42.6 Å². The van der Waals surface area contributed by atoms with E-state index in [0.29, 0.717) is 5.56 Å². The van der Waals surface area contributed by atoms with Crippen LogP contribution in [-0.4, -0.2) is 28.9 Å². The Labute approximate surface area is 106 Å². The van der Waals surface area contributed by atoms with Crippen LogP contribution in [0.2, 0.25) is 0 Å². The molecule has 1 aliphatic heterocycles. The van der Waals surface area contributed by atoms with Gasteiger partial charge in [0.15, 0.2) is 0 Å². The second kappa shape index (κ2) is 4.61. The molecule has 1 aliphatic rings. The van der Waals surface area contributed by atoms with Gasteiger partial charge in [0.1, 0.15) is 0 Å². The summed E-state index contributed by atoms with van der Waals surface area (Å²) >= 11 is 0. The third kappa shape index (κ3) is 1.88. The van der Waals surface area contributed by atoms with Crippen LogP contribution in [0.25, 0.3) is 11.1 Å². The van der Waals surface area contributed by atoms with Crippen LogP contribution < -0.4 is 0 Å². The summed E-state index contributed by atoms with van der Waals surface area (Å²) in [4.78, 5) is 18.2. The molecule has 1 aromatic carbocycles. The Morgan fingerprint density at radius 1 is 1.17 bits per heavy atom. The lowest BCUT2D eigenvalue weighted by Crippen LogP contribution is -2.42. The average molecular weight is 237 g/mol. The molecule has 0 atom stereocenters.